The minimum atomic E-state index is 0. The van der Waals surface area contributed by atoms with E-state index < -0.39 is 0 Å². The van der Waals surface area contributed by atoms with Gasteiger partial charge in [0.15, 0.2) is 0 Å². The van der Waals surface area contributed by atoms with Crippen LogP contribution in [0.4, 0.5) is 0 Å². The highest BCUT2D eigenvalue weighted by atomic mass is 35.5. The number of hydrogen-bond donors (Lipinski definition) is 1. The first kappa shape index (κ1) is 20.7. The Morgan fingerprint density at radius 3 is 2.75 bits per heavy atom. The highest BCUT2D eigenvalue weighted by Gasteiger charge is 2.34. The van der Waals surface area contributed by atoms with Crippen LogP contribution in [0.5, 0.6) is 0 Å². The Morgan fingerprint density at radius 1 is 1.29 bits per heavy atom. The van der Waals surface area contributed by atoms with Crippen LogP contribution in [0.25, 0.3) is 10.9 Å². The number of nitrogens with two attached hydrogens (primary N) is 1. The van der Waals surface area contributed by atoms with E-state index >= 15 is 0 Å². The molecule has 132 valence electrons. The molecule has 1 aromatic carbocycles. The first-order valence-corrected chi connectivity index (χ1v) is 7.92. The molecule has 0 spiro atoms. The predicted molar refractivity (Wildman–Crippen MR) is 103 cm³/mol. The lowest BCUT2D eigenvalue weighted by molar-refractivity contribution is -0.130. The second-order valence-corrected chi connectivity index (χ2v) is 6.57. The number of rotatable bonds is 4. The summed E-state index contributed by atoms with van der Waals surface area (Å²) in [6.45, 7) is 4.44. The van der Waals surface area contributed by atoms with Crippen molar-refractivity contribution >= 4 is 41.6 Å². The van der Waals surface area contributed by atoms with Crippen molar-refractivity contribution in [1.29, 1.82) is 0 Å². The minimum Gasteiger partial charge on any atom is -0.342 e. The number of hydrogen-bond acceptors (Lipinski definition) is 3. The lowest BCUT2D eigenvalue weighted by atomic mass is 9.90. The Hall–Kier alpha value is -1.36. The van der Waals surface area contributed by atoms with Crippen LogP contribution in [0.3, 0.4) is 0 Å². The highest BCUT2D eigenvalue weighted by Crippen LogP contribution is 2.29. The Bertz CT molecular complexity index is 690. The van der Waals surface area contributed by atoms with Crippen molar-refractivity contribution in [2.45, 2.75) is 26.2 Å². The number of carbonyl (C=O) groups excluding carboxylic acids is 1. The fourth-order valence-corrected chi connectivity index (χ4v) is 3.18. The standard InChI is InChI=1S/C18H23N3O.2ClH/c1-18(12-19)9-11-21(13-18)17(22)7-6-14-8-10-20-16-5-3-2-4-15(14)16;;/h2-5,8,10H,6-7,9,11-13,19H2,1H3;2*1H. The maximum atomic E-state index is 12.4. The van der Waals surface area contributed by atoms with Crippen molar-refractivity contribution in [2.24, 2.45) is 11.1 Å². The fourth-order valence-electron chi connectivity index (χ4n) is 3.18. The Balaban J connectivity index is 0.00000144. The summed E-state index contributed by atoms with van der Waals surface area (Å²) in [6, 6.07) is 10.1. The van der Waals surface area contributed by atoms with Crippen LogP contribution in [0.1, 0.15) is 25.3 Å². The van der Waals surface area contributed by atoms with Gasteiger partial charge < -0.3 is 10.6 Å². The summed E-state index contributed by atoms with van der Waals surface area (Å²) in [5.41, 5.74) is 8.09. The zero-order chi connectivity index (χ0) is 15.6. The molecule has 1 fully saturated rings. The van der Waals surface area contributed by atoms with E-state index in [1.165, 1.54) is 5.56 Å². The van der Waals surface area contributed by atoms with Crippen molar-refractivity contribution < 1.29 is 4.79 Å². The third kappa shape index (κ3) is 4.38. The Labute approximate surface area is 155 Å². The van der Waals surface area contributed by atoms with Gasteiger partial charge in [-0.3, -0.25) is 9.78 Å². The molecule has 1 amide bonds. The first-order valence-electron chi connectivity index (χ1n) is 7.92. The number of halogens is 2. The van der Waals surface area contributed by atoms with Crippen LogP contribution in [0.2, 0.25) is 0 Å². The molecule has 2 aromatic rings. The zero-order valence-corrected chi connectivity index (χ0v) is 15.5. The molecular formula is C18H25Cl2N3O. The summed E-state index contributed by atoms with van der Waals surface area (Å²) in [5, 5.41) is 1.14. The maximum Gasteiger partial charge on any atom is 0.222 e. The van der Waals surface area contributed by atoms with E-state index in [2.05, 4.69) is 18.0 Å². The van der Waals surface area contributed by atoms with Crippen LogP contribution >= 0.6 is 24.8 Å². The van der Waals surface area contributed by atoms with Crippen molar-refractivity contribution in [3.8, 4) is 0 Å². The topological polar surface area (TPSA) is 59.2 Å². The third-order valence-electron chi connectivity index (χ3n) is 4.75. The molecule has 1 aliphatic heterocycles. The normalized spacial score (nSPS) is 19.7. The average molecular weight is 370 g/mol. The van der Waals surface area contributed by atoms with Gasteiger partial charge in [0.05, 0.1) is 5.52 Å². The number of fused-ring (bicyclic) bond motifs is 1. The lowest BCUT2D eigenvalue weighted by Gasteiger charge is -2.22. The van der Waals surface area contributed by atoms with Gasteiger partial charge in [0.25, 0.3) is 0 Å². The van der Waals surface area contributed by atoms with Gasteiger partial charge in [-0.2, -0.15) is 0 Å². The van der Waals surface area contributed by atoms with Gasteiger partial charge in [-0.1, -0.05) is 25.1 Å². The van der Waals surface area contributed by atoms with E-state index in [0.717, 1.165) is 36.8 Å². The van der Waals surface area contributed by atoms with Crippen molar-refractivity contribution in [1.82, 2.24) is 9.88 Å². The molecule has 3 rings (SSSR count). The number of amides is 1. The first-order chi connectivity index (χ1) is 10.6. The van der Waals surface area contributed by atoms with E-state index in [0.29, 0.717) is 13.0 Å². The molecule has 1 saturated heterocycles. The van der Waals surface area contributed by atoms with Crippen LogP contribution in [0.15, 0.2) is 36.5 Å². The Kier molecular flexibility index (Phi) is 7.46. The minimum absolute atomic E-state index is 0. The number of benzene rings is 1. The molecule has 1 aliphatic rings. The quantitative estimate of drug-likeness (QED) is 0.899. The molecule has 1 unspecified atom stereocenters. The highest BCUT2D eigenvalue weighted by molar-refractivity contribution is 5.85. The van der Waals surface area contributed by atoms with E-state index in [-0.39, 0.29) is 36.1 Å². The SMILES string of the molecule is CC1(CN)CCN(C(=O)CCc2ccnc3ccccc23)C1.Cl.Cl. The molecule has 6 heteroatoms. The molecule has 0 radical (unpaired) electrons. The van der Waals surface area contributed by atoms with Gasteiger partial charge >= 0.3 is 0 Å². The summed E-state index contributed by atoms with van der Waals surface area (Å²) in [6.07, 6.45) is 4.14. The molecule has 1 aromatic heterocycles. The number of pyridine rings is 1. The molecule has 24 heavy (non-hydrogen) atoms. The number of carbonyl (C=O) groups is 1. The van der Waals surface area contributed by atoms with Gasteiger partial charge in [0.2, 0.25) is 5.91 Å². The number of nitrogens with zero attached hydrogens (tertiary/aromatic N) is 2. The predicted octanol–water partition coefficient (Wildman–Crippen LogP) is 3.21. The molecule has 0 saturated carbocycles. The number of para-hydroxylation sites is 1. The molecule has 4 nitrogen and oxygen atoms in total. The molecule has 0 bridgehead atoms. The van der Waals surface area contributed by atoms with Crippen LogP contribution < -0.4 is 5.73 Å². The Morgan fingerprint density at radius 2 is 2.04 bits per heavy atom. The largest absolute Gasteiger partial charge is 0.342 e. The van der Waals surface area contributed by atoms with E-state index in [1.54, 1.807) is 0 Å². The summed E-state index contributed by atoms with van der Waals surface area (Å²) < 4.78 is 0. The van der Waals surface area contributed by atoms with Gasteiger partial charge in [-0.15, -0.1) is 24.8 Å². The smallest absolute Gasteiger partial charge is 0.222 e. The van der Waals surface area contributed by atoms with Gasteiger partial charge in [-0.05, 0) is 42.5 Å². The number of aromatic nitrogens is 1. The van der Waals surface area contributed by atoms with Crippen LogP contribution in [0, 0.1) is 5.41 Å². The van der Waals surface area contributed by atoms with E-state index in [1.807, 2.05) is 35.4 Å². The van der Waals surface area contributed by atoms with Gasteiger partial charge in [0.1, 0.15) is 0 Å². The molecule has 2 N–H and O–H groups in total. The monoisotopic (exact) mass is 369 g/mol. The van der Waals surface area contributed by atoms with Crippen molar-refractivity contribution in [3.05, 3.63) is 42.1 Å². The van der Waals surface area contributed by atoms with Gasteiger partial charge in [-0.25, -0.2) is 0 Å². The lowest BCUT2D eigenvalue weighted by Crippen LogP contribution is -2.34. The number of aryl methyl sites for hydroxylation is 1. The second kappa shape index (κ2) is 8.65. The third-order valence-corrected chi connectivity index (χ3v) is 4.75. The summed E-state index contributed by atoms with van der Waals surface area (Å²) in [4.78, 5) is 18.8. The molecule has 2 heterocycles. The van der Waals surface area contributed by atoms with Crippen LogP contribution in [-0.4, -0.2) is 35.4 Å². The molecule has 0 aliphatic carbocycles. The van der Waals surface area contributed by atoms with Crippen molar-refractivity contribution in [2.75, 3.05) is 19.6 Å². The molecular weight excluding hydrogens is 345 g/mol. The summed E-state index contributed by atoms with van der Waals surface area (Å²) in [5.74, 6) is 0.234. The summed E-state index contributed by atoms with van der Waals surface area (Å²) in [7, 11) is 0. The fraction of sp³-hybridized carbons (Fsp3) is 0.444. The summed E-state index contributed by atoms with van der Waals surface area (Å²) >= 11 is 0. The maximum absolute atomic E-state index is 12.4. The molecule has 1 atom stereocenters. The van der Waals surface area contributed by atoms with Crippen molar-refractivity contribution in [3.63, 3.8) is 0 Å². The van der Waals surface area contributed by atoms with Gasteiger partial charge in [0, 0.05) is 31.1 Å². The average Bonchev–Trinajstić information content (AvgIpc) is 2.96. The van der Waals surface area contributed by atoms with E-state index in [9.17, 15) is 4.79 Å². The number of likely N-dealkylation sites (tertiary alicyclic amines) is 1. The van der Waals surface area contributed by atoms with Crippen LogP contribution in [-0.2, 0) is 11.2 Å². The van der Waals surface area contributed by atoms with E-state index in [4.69, 9.17) is 5.73 Å². The second-order valence-electron chi connectivity index (χ2n) is 6.57. The zero-order valence-electron chi connectivity index (χ0n) is 13.9.